The summed E-state index contributed by atoms with van der Waals surface area (Å²) in [5.74, 6) is -0.915. The summed E-state index contributed by atoms with van der Waals surface area (Å²) in [6, 6.07) is -0.744. The van der Waals surface area contributed by atoms with E-state index in [9.17, 15) is 9.59 Å². The van der Waals surface area contributed by atoms with Gasteiger partial charge in [-0.05, 0) is 32.1 Å². The van der Waals surface area contributed by atoms with Crippen molar-refractivity contribution in [3.63, 3.8) is 0 Å². The first-order valence-corrected chi connectivity index (χ1v) is 7.68. The third-order valence-electron chi connectivity index (χ3n) is 3.32. The second-order valence-electron chi connectivity index (χ2n) is 4.90. The lowest BCUT2D eigenvalue weighted by Crippen LogP contribution is -2.38. The monoisotopic (exact) mass is 297 g/mol. The number of hydrogen-bond donors (Lipinski definition) is 3. The number of hydrogen-bond acceptors (Lipinski definition) is 4. The summed E-state index contributed by atoms with van der Waals surface area (Å²) in [6.07, 6.45) is 4.85. The molecule has 110 valence electrons. The zero-order valence-corrected chi connectivity index (χ0v) is 12.3. The molecule has 0 aromatic carbocycles. The van der Waals surface area contributed by atoms with E-state index in [-0.39, 0.29) is 18.5 Å². The molecule has 0 saturated heterocycles. The van der Waals surface area contributed by atoms with Crippen LogP contribution in [0.2, 0.25) is 0 Å². The molecule has 6 nitrogen and oxygen atoms in total. The van der Waals surface area contributed by atoms with E-state index >= 15 is 0 Å². The van der Waals surface area contributed by atoms with E-state index in [1.807, 2.05) is 6.92 Å². The topological polar surface area (TPSA) is 91.3 Å². The SMILES string of the molecule is CCC(CC(=O)O)NC(=O)Nc1nc2c(s1)CCCC2. The maximum absolute atomic E-state index is 11.8. The Labute approximate surface area is 121 Å². The molecule has 0 aliphatic heterocycles. The predicted molar refractivity (Wildman–Crippen MR) is 77.2 cm³/mol. The van der Waals surface area contributed by atoms with Crippen molar-refractivity contribution in [2.45, 2.75) is 51.5 Å². The number of thiazole rings is 1. The first-order valence-electron chi connectivity index (χ1n) is 6.86. The molecule has 2 rings (SSSR count). The molecule has 1 aliphatic carbocycles. The molecule has 20 heavy (non-hydrogen) atoms. The Kier molecular flexibility index (Phi) is 4.94. The normalized spacial score (nSPS) is 15.2. The van der Waals surface area contributed by atoms with Crippen LogP contribution in [0.5, 0.6) is 0 Å². The van der Waals surface area contributed by atoms with Gasteiger partial charge < -0.3 is 10.4 Å². The van der Waals surface area contributed by atoms with Crippen molar-refractivity contribution in [3.8, 4) is 0 Å². The van der Waals surface area contributed by atoms with E-state index in [0.717, 1.165) is 25.0 Å². The molecule has 0 saturated carbocycles. The molecule has 1 aliphatic rings. The van der Waals surface area contributed by atoms with Crippen molar-refractivity contribution in [1.82, 2.24) is 10.3 Å². The second kappa shape index (κ2) is 6.69. The third-order valence-corrected chi connectivity index (χ3v) is 4.39. The van der Waals surface area contributed by atoms with Crippen LogP contribution in [0.1, 0.15) is 43.2 Å². The smallest absolute Gasteiger partial charge is 0.321 e. The van der Waals surface area contributed by atoms with Crippen LogP contribution >= 0.6 is 11.3 Å². The Morgan fingerprint density at radius 2 is 2.15 bits per heavy atom. The number of amides is 2. The molecule has 0 spiro atoms. The molecular weight excluding hydrogens is 278 g/mol. The van der Waals surface area contributed by atoms with E-state index in [1.165, 1.54) is 22.6 Å². The van der Waals surface area contributed by atoms with Gasteiger partial charge in [-0.2, -0.15) is 0 Å². The van der Waals surface area contributed by atoms with E-state index < -0.39 is 5.97 Å². The van der Waals surface area contributed by atoms with Crippen molar-refractivity contribution in [2.24, 2.45) is 0 Å². The number of aliphatic carboxylic acids is 1. The van der Waals surface area contributed by atoms with Gasteiger partial charge in [0, 0.05) is 10.9 Å². The van der Waals surface area contributed by atoms with Crippen LogP contribution in [-0.2, 0) is 17.6 Å². The molecule has 1 heterocycles. The van der Waals surface area contributed by atoms with Crippen molar-refractivity contribution in [3.05, 3.63) is 10.6 Å². The number of aromatic nitrogens is 1. The Balaban J connectivity index is 1.90. The molecule has 7 heteroatoms. The van der Waals surface area contributed by atoms with Crippen LogP contribution in [-0.4, -0.2) is 28.1 Å². The Morgan fingerprint density at radius 3 is 2.80 bits per heavy atom. The highest BCUT2D eigenvalue weighted by Gasteiger charge is 2.18. The second-order valence-corrected chi connectivity index (χ2v) is 5.98. The number of carboxylic acid groups (broad SMARTS) is 1. The van der Waals surface area contributed by atoms with Crippen molar-refractivity contribution in [1.29, 1.82) is 0 Å². The zero-order valence-electron chi connectivity index (χ0n) is 11.4. The maximum Gasteiger partial charge on any atom is 0.321 e. The van der Waals surface area contributed by atoms with Crippen LogP contribution in [0.15, 0.2) is 0 Å². The summed E-state index contributed by atoms with van der Waals surface area (Å²) < 4.78 is 0. The molecular formula is C13H19N3O3S. The summed E-state index contributed by atoms with van der Waals surface area (Å²) in [6.45, 7) is 1.84. The Morgan fingerprint density at radius 1 is 1.40 bits per heavy atom. The number of carbonyl (C=O) groups is 2. The number of carboxylic acids is 1. The summed E-state index contributed by atoms with van der Waals surface area (Å²) in [7, 11) is 0. The fourth-order valence-electron chi connectivity index (χ4n) is 2.23. The zero-order chi connectivity index (χ0) is 14.5. The van der Waals surface area contributed by atoms with Crippen LogP contribution in [0, 0.1) is 0 Å². The number of nitrogens with one attached hydrogen (secondary N) is 2. The average Bonchev–Trinajstić information content (AvgIpc) is 2.79. The van der Waals surface area contributed by atoms with Crippen molar-refractivity contribution < 1.29 is 14.7 Å². The van der Waals surface area contributed by atoms with Gasteiger partial charge in [-0.3, -0.25) is 10.1 Å². The van der Waals surface area contributed by atoms with Gasteiger partial charge in [0.15, 0.2) is 5.13 Å². The number of urea groups is 1. The molecule has 0 fully saturated rings. The van der Waals surface area contributed by atoms with Gasteiger partial charge in [0.25, 0.3) is 0 Å². The molecule has 1 aromatic rings. The molecule has 0 bridgehead atoms. The van der Waals surface area contributed by atoms with E-state index in [0.29, 0.717) is 11.6 Å². The fraction of sp³-hybridized carbons (Fsp3) is 0.615. The lowest BCUT2D eigenvalue weighted by molar-refractivity contribution is -0.137. The van der Waals surface area contributed by atoms with Gasteiger partial charge in [-0.15, -0.1) is 11.3 Å². The fourth-order valence-corrected chi connectivity index (χ4v) is 3.28. The quantitative estimate of drug-likeness (QED) is 0.778. The predicted octanol–water partition coefficient (Wildman–Crippen LogP) is 2.40. The number of rotatable bonds is 5. The van der Waals surface area contributed by atoms with Crippen LogP contribution in [0.3, 0.4) is 0 Å². The number of carbonyl (C=O) groups excluding carboxylic acids is 1. The molecule has 3 N–H and O–H groups in total. The minimum absolute atomic E-state index is 0.0711. The number of nitrogens with zero attached hydrogens (tertiary/aromatic N) is 1. The summed E-state index contributed by atoms with van der Waals surface area (Å²) in [5.41, 5.74) is 1.09. The van der Waals surface area contributed by atoms with E-state index in [2.05, 4.69) is 15.6 Å². The lowest BCUT2D eigenvalue weighted by atomic mass is 10.0. The van der Waals surface area contributed by atoms with Gasteiger partial charge in [0.05, 0.1) is 12.1 Å². The van der Waals surface area contributed by atoms with Crippen LogP contribution in [0.25, 0.3) is 0 Å². The van der Waals surface area contributed by atoms with Gasteiger partial charge >= 0.3 is 12.0 Å². The highest BCUT2D eigenvalue weighted by molar-refractivity contribution is 7.15. The van der Waals surface area contributed by atoms with Crippen LogP contribution < -0.4 is 10.6 Å². The summed E-state index contributed by atoms with van der Waals surface area (Å²) in [4.78, 5) is 28.2. The average molecular weight is 297 g/mol. The first-order chi connectivity index (χ1) is 9.58. The molecule has 1 aromatic heterocycles. The van der Waals surface area contributed by atoms with Crippen molar-refractivity contribution in [2.75, 3.05) is 5.32 Å². The Hall–Kier alpha value is -1.63. The molecule has 2 amide bonds. The van der Waals surface area contributed by atoms with Crippen molar-refractivity contribution >= 4 is 28.5 Å². The third kappa shape index (κ3) is 3.93. The van der Waals surface area contributed by atoms with Crippen LogP contribution in [0.4, 0.5) is 9.93 Å². The molecule has 1 atom stereocenters. The largest absolute Gasteiger partial charge is 0.481 e. The highest BCUT2D eigenvalue weighted by Crippen LogP contribution is 2.29. The number of anilines is 1. The minimum Gasteiger partial charge on any atom is -0.481 e. The summed E-state index contributed by atoms with van der Waals surface area (Å²) in [5, 5.41) is 14.7. The molecule has 0 radical (unpaired) electrons. The molecule has 1 unspecified atom stereocenters. The van der Waals surface area contributed by atoms with Gasteiger partial charge in [-0.25, -0.2) is 9.78 Å². The minimum atomic E-state index is -0.915. The van der Waals surface area contributed by atoms with Gasteiger partial charge in [-0.1, -0.05) is 6.92 Å². The van der Waals surface area contributed by atoms with Gasteiger partial charge in [0.2, 0.25) is 0 Å². The maximum atomic E-state index is 11.8. The van der Waals surface area contributed by atoms with Gasteiger partial charge in [0.1, 0.15) is 0 Å². The lowest BCUT2D eigenvalue weighted by Gasteiger charge is -2.14. The number of aryl methyl sites for hydroxylation is 2. The number of fused-ring (bicyclic) bond motifs is 1. The standard InChI is InChI=1S/C13H19N3O3S/c1-2-8(7-11(17)18)14-12(19)16-13-15-9-5-3-4-6-10(9)20-13/h8H,2-7H2,1H3,(H,17,18)(H2,14,15,16,19). The highest BCUT2D eigenvalue weighted by atomic mass is 32.1. The summed E-state index contributed by atoms with van der Waals surface area (Å²) >= 11 is 1.51. The van der Waals surface area contributed by atoms with E-state index in [1.54, 1.807) is 0 Å². The Bertz CT molecular complexity index is 478. The first kappa shape index (κ1) is 14.8. The van der Waals surface area contributed by atoms with E-state index in [4.69, 9.17) is 5.11 Å².